The van der Waals surface area contributed by atoms with Crippen LogP contribution in [0, 0.1) is 0 Å². The normalized spacial score (nSPS) is 11.8. The van der Waals surface area contributed by atoms with E-state index in [2.05, 4.69) is 6.58 Å². The Bertz CT molecular complexity index is 210. The number of aliphatic carboxylic acids is 1. The molecule has 0 amide bonds. The Morgan fingerprint density at radius 3 is 2.57 bits per heavy atom. The third-order valence-electron chi connectivity index (χ3n) is 1.72. The van der Waals surface area contributed by atoms with Crippen LogP contribution in [-0.4, -0.2) is 23.1 Å². The van der Waals surface area contributed by atoms with Crippen molar-refractivity contribution in [3.8, 4) is 0 Å². The minimum Gasteiger partial charge on any atom is -0.481 e. The van der Waals surface area contributed by atoms with Gasteiger partial charge in [0.25, 0.3) is 0 Å². The number of rotatable bonds is 7. The number of ether oxygens (including phenoxy) is 1. The fraction of sp³-hybridized carbons (Fsp3) is 0.600. The van der Waals surface area contributed by atoms with Crippen molar-refractivity contribution in [2.45, 2.75) is 38.7 Å². The lowest BCUT2D eigenvalue weighted by molar-refractivity contribution is -0.147. The minimum absolute atomic E-state index is 0.0000189. The number of hydrogen-bond donors (Lipinski definition) is 1. The lowest BCUT2D eigenvalue weighted by Gasteiger charge is -2.10. The monoisotopic (exact) mass is 200 g/mol. The summed E-state index contributed by atoms with van der Waals surface area (Å²) in [5.74, 6) is -1.26. The molecule has 0 spiro atoms. The third kappa shape index (κ3) is 6.22. The summed E-state index contributed by atoms with van der Waals surface area (Å²) in [6, 6.07) is 0. The summed E-state index contributed by atoms with van der Waals surface area (Å²) in [6.45, 7) is 5.41. The van der Waals surface area contributed by atoms with Crippen LogP contribution in [0.1, 0.15) is 32.6 Å². The van der Waals surface area contributed by atoms with Crippen LogP contribution >= 0.6 is 0 Å². The van der Waals surface area contributed by atoms with Crippen molar-refractivity contribution in [3.05, 3.63) is 12.7 Å². The molecule has 4 nitrogen and oxygen atoms in total. The second kappa shape index (κ2) is 7.12. The molecule has 0 bridgehead atoms. The molecular weight excluding hydrogens is 184 g/mol. The third-order valence-corrected chi connectivity index (χ3v) is 1.72. The molecular formula is C10H16O4. The lowest BCUT2D eigenvalue weighted by atomic mass is 10.2. The number of carbonyl (C=O) groups is 2. The summed E-state index contributed by atoms with van der Waals surface area (Å²) in [5.41, 5.74) is 0. The number of esters is 1. The summed E-state index contributed by atoms with van der Waals surface area (Å²) in [5, 5.41) is 8.33. The summed E-state index contributed by atoms with van der Waals surface area (Å²) >= 11 is 0. The van der Waals surface area contributed by atoms with Gasteiger partial charge < -0.3 is 9.84 Å². The van der Waals surface area contributed by atoms with Crippen molar-refractivity contribution in [1.29, 1.82) is 0 Å². The average molecular weight is 200 g/mol. The summed E-state index contributed by atoms with van der Waals surface area (Å²) in [4.78, 5) is 21.2. The fourth-order valence-corrected chi connectivity index (χ4v) is 0.910. The zero-order valence-electron chi connectivity index (χ0n) is 8.36. The van der Waals surface area contributed by atoms with E-state index >= 15 is 0 Å². The van der Waals surface area contributed by atoms with Crippen molar-refractivity contribution in [2.75, 3.05) is 0 Å². The van der Waals surface area contributed by atoms with Gasteiger partial charge in [0, 0.05) is 12.8 Å². The van der Waals surface area contributed by atoms with Crippen LogP contribution in [0.15, 0.2) is 12.7 Å². The van der Waals surface area contributed by atoms with Gasteiger partial charge in [-0.1, -0.05) is 19.6 Å². The van der Waals surface area contributed by atoms with Gasteiger partial charge >= 0.3 is 11.9 Å². The van der Waals surface area contributed by atoms with E-state index in [1.807, 2.05) is 6.92 Å². The smallest absolute Gasteiger partial charge is 0.306 e. The van der Waals surface area contributed by atoms with E-state index in [0.717, 1.165) is 0 Å². The van der Waals surface area contributed by atoms with Gasteiger partial charge in [-0.25, -0.2) is 0 Å². The van der Waals surface area contributed by atoms with Crippen LogP contribution in [0.3, 0.4) is 0 Å². The lowest BCUT2D eigenvalue weighted by Crippen LogP contribution is -2.14. The van der Waals surface area contributed by atoms with Crippen LogP contribution in [-0.2, 0) is 14.3 Å². The Morgan fingerprint density at radius 2 is 2.14 bits per heavy atom. The van der Waals surface area contributed by atoms with Crippen LogP contribution in [0.25, 0.3) is 0 Å². The molecule has 0 aliphatic carbocycles. The van der Waals surface area contributed by atoms with E-state index in [4.69, 9.17) is 9.84 Å². The van der Waals surface area contributed by atoms with Gasteiger partial charge in [-0.2, -0.15) is 0 Å². The van der Waals surface area contributed by atoms with E-state index in [9.17, 15) is 9.59 Å². The fourth-order valence-electron chi connectivity index (χ4n) is 0.910. The number of carbonyl (C=O) groups excluding carboxylic acids is 1. The maximum Gasteiger partial charge on any atom is 0.306 e. The first-order valence-corrected chi connectivity index (χ1v) is 4.64. The molecule has 0 saturated heterocycles. The van der Waals surface area contributed by atoms with Crippen molar-refractivity contribution in [3.63, 3.8) is 0 Å². The van der Waals surface area contributed by atoms with Crippen molar-refractivity contribution in [2.24, 2.45) is 0 Å². The molecule has 14 heavy (non-hydrogen) atoms. The highest BCUT2D eigenvalue weighted by atomic mass is 16.5. The largest absolute Gasteiger partial charge is 0.481 e. The highest BCUT2D eigenvalue weighted by Crippen LogP contribution is 2.04. The maximum atomic E-state index is 11.1. The standard InChI is InChI=1S/C10H16O4/c1-3-8(4-2)14-10(13)7-5-6-9(11)12/h3,8H,1,4-7H2,2H3,(H,11,12). The number of carboxylic acid groups (broad SMARTS) is 1. The molecule has 80 valence electrons. The van der Waals surface area contributed by atoms with Crippen LogP contribution in [0.2, 0.25) is 0 Å². The summed E-state index contributed by atoms with van der Waals surface area (Å²) in [6.07, 6.45) is 2.47. The van der Waals surface area contributed by atoms with E-state index in [0.29, 0.717) is 12.8 Å². The molecule has 0 fully saturated rings. The molecule has 1 unspecified atom stereocenters. The zero-order valence-corrected chi connectivity index (χ0v) is 8.36. The summed E-state index contributed by atoms with van der Waals surface area (Å²) in [7, 11) is 0. The van der Waals surface area contributed by atoms with E-state index in [1.165, 1.54) is 0 Å². The molecule has 0 aromatic carbocycles. The van der Waals surface area contributed by atoms with Crippen LogP contribution in [0.4, 0.5) is 0 Å². The Kier molecular flexibility index (Phi) is 6.45. The molecule has 0 saturated carbocycles. The molecule has 1 atom stereocenters. The SMILES string of the molecule is C=CC(CC)OC(=O)CCCC(=O)O. The number of hydrogen-bond acceptors (Lipinski definition) is 3. The molecule has 0 heterocycles. The molecule has 1 N–H and O–H groups in total. The van der Waals surface area contributed by atoms with Crippen molar-refractivity contribution >= 4 is 11.9 Å². The van der Waals surface area contributed by atoms with Gasteiger partial charge in [0.05, 0.1) is 0 Å². The molecule has 0 radical (unpaired) electrons. The number of carboxylic acids is 1. The first-order valence-electron chi connectivity index (χ1n) is 4.64. The second-order valence-corrected chi connectivity index (χ2v) is 2.92. The molecule has 0 aliphatic rings. The van der Waals surface area contributed by atoms with Crippen LogP contribution < -0.4 is 0 Å². The van der Waals surface area contributed by atoms with E-state index < -0.39 is 5.97 Å². The van der Waals surface area contributed by atoms with E-state index in [-0.39, 0.29) is 24.9 Å². The van der Waals surface area contributed by atoms with Gasteiger partial charge in [-0.15, -0.1) is 0 Å². The highest BCUT2D eigenvalue weighted by molar-refractivity contribution is 5.71. The quantitative estimate of drug-likeness (QED) is 0.502. The van der Waals surface area contributed by atoms with Gasteiger partial charge in [-0.3, -0.25) is 9.59 Å². The molecule has 0 aromatic rings. The molecule has 0 aromatic heterocycles. The first-order chi connectivity index (χ1) is 6.60. The van der Waals surface area contributed by atoms with Crippen molar-refractivity contribution < 1.29 is 19.4 Å². The minimum atomic E-state index is -0.895. The molecule has 0 aliphatic heterocycles. The Balaban J connectivity index is 3.64. The predicted octanol–water partition coefficient (Wildman–Crippen LogP) is 1.75. The zero-order chi connectivity index (χ0) is 11.0. The Hall–Kier alpha value is -1.32. The Morgan fingerprint density at radius 1 is 1.50 bits per heavy atom. The van der Waals surface area contributed by atoms with Crippen molar-refractivity contribution in [1.82, 2.24) is 0 Å². The highest BCUT2D eigenvalue weighted by Gasteiger charge is 2.09. The maximum absolute atomic E-state index is 11.1. The molecule has 4 heteroatoms. The average Bonchev–Trinajstić information content (AvgIpc) is 2.13. The van der Waals surface area contributed by atoms with Gasteiger partial charge in [-0.05, 0) is 12.8 Å². The van der Waals surface area contributed by atoms with E-state index in [1.54, 1.807) is 6.08 Å². The second-order valence-electron chi connectivity index (χ2n) is 2.92. The van der Waals surface area contributed by atoms with Crippen LogP contribution in [0.5, 0.6) is 0 Å². The topological polar surface area (TPSA) is 63.6 Å². The van der Waals surface area contributed by atoms with Gasteiger partial charge in [0.2, 0.25) is 0 Å². The summed E-state index contributed by atoms with van der Waals surface area (Å²) < 4.78 is 4.98. The first kappa shape index (κ1) is 12.7. The Labute approximate surface area is 83.6 Å². The molecule has 0 rings (SSSR count). The van der Waals surface area contributed by atoms with Gasteiger partial charge in [0.1, 0.15) is 6.10 Å². The predicted molar refractivity (Wildman–Crippen MR) is 51.9 cm³/mol. The van der Waals surface area contributed by atoms with Gasteiger partial charge in [0.15, 0.2) is 0 Å².